The van der Waals surface area contributed by atoms with Gasteiger partial charge in [0.2, 0.25) is 0 Å². The van der Waals surface area contributed by atoms with Crippen molar-refractivity contribution in [3.8, 4) is 0 Å². The van der Waals surface area contributed by atoms with Gasteiger partial charge in [0.05, 0.1) is 0 Å². The maximum absolute atomic E-state index is 2.42. The van der Waals surface area contributed by atoms with E-state index >= 15 is 0 Å². The summed E-state index contributed by atoms with van der Waals surface area (Å²) in [5.41, 5.74) is 3.93. The molecule has 0 aromatic rings. The summed E-state index contributed by atoms with van der Waals surface area (Å²) in [5.74, 6) is 0.841. The second kappa shape index (κ2) is 4.51. The molecule has 14 heavy (non-hydrogen) atoms. The predicted octanol–water partition coefficient (Wildman–Crippen LogP) is 4.95. The van der Waals surface area contributed by atoms with Gasteiger partial charge in [-0.3, -0.25) is 0 Å². The lowest BCUT2D eigenvalue weighted by atomic mass is 9.71. The molecule has 0 nitrogen and oxygen atoms in total. The van der Waals surface area contributed by atoms with Crippen LogP contribution in [0.25, 0.3) is 0 Å². The Morgan fingerprint density at radius 2 is 1.93 bits per heavy atom. The summed E-state index contributed by atoms with van der Waals surface area (Å²) in [7, 11) is 0. The van der Waals surface area contributed by atoms with Crippen molar-refractivity contribution in [3.05, 3.63) is 11.1 Å². The van der Waals surface area contributed by atoms with Gasteiger partial charge in [-0.2, -0.15) is 0 Å². The first-order valence-corrected chi connectivity index (χ1v) is 6.12. The molecule has 0 spiro atoms. The Labute approximate surface area is 89.8 Å². The topological polar surface area (TPSA) is 0 Å². The minimum atomic E-state index is 0.483. The molecule has 0 radical (unpaired) electrons. The number of rotatable bonds is 3. The van der Waals surface area contributed by atoms with Crippen LogP contribution in [0.15, 0.2) is 11.1 Å². The van der Waals surface area contributed by atoms with Crippen molar-refractivity contribution < 1.29 is 0 Å². The Balaban J connectivity index is 2.70. The van der Waals surface area contributed by atoms with E-state index in [9.17, 15) is 0 Å². The molecule has 1 aliphatic carbocycles. The first-order valence-electron chi connectivity index (χ1n) is 6.12. The van der Waals surface area contributed by atoms with Crippen LogP contribution in [0.5, 0.6) is 0 Å². The quantitative estimate of drug-likeness (QED) is 0.558. The molecule has 0 fully saturated rings. The molecule has 0 N–H and O–H groups in total. The summed E-state index contributed by atoms with van der Waals surface area (Å²) in [4.78, 5) is 0. The zero-order chi connectivity index (χ0) is 10.8. The summed E-state index contributed by atoms with van der Waals surface area (Å²) < 4.78 is 0. The molecule has 1 rings (SSSR count). The lowest BCUT2D eigenvalue weighted by Gasteiger charge is -2.35. The van der Waals surface area contributed by atoms with Gasteiger partial charge in [-0.05, 0) is 50.4 Å². The summed E-state index contributed by atoms with van der Waals surface area (Å²) in [6.07, 6.45) is 6.81. The van der Waals surface area contributed by atoms with Crippen LogP contribution < -0.4 is 0 Å². The van der Waals surface area contributed by atoms with Gasteiger partial charge in [0, 0.05) is 0 Å². The van der Waals surface area contributed by atoms with Gasteiger partial charge < -0.3 is 0 Å². The first kappa shape index (κ1) is 11.8. The number of hydrogen-bond donors (Lipinski definition) is 0. The molecule has 0 unspecified atom stereocenters. The van der Waals surface area contributed by atoms with E-state index in [0.717, 1.165) is 5.92 Å². The fourth-order valence-electron chi connectivity index (χ4n) is 2.66. The maximum Gasteiger partial charge on any atom is -0.0142 e. The predicted molar refractivity (Wildman–Crippen MR) is 64.4 cm³/mol. The van der Waals surface area contributed by atoms with Crippen LogP contribution >= 0.6 is 0 Å². The summed E-state index contributed by atoms with van der Waals surface area (Å²) in [5, 5.41) is 0. The first-order chi connectivity index (χ1) is 6.43. The molecule has 0 heterocycles. The highest BCUT2D eigenvalue weighted by Crippen LogP contribution is 2.42. The van der Waals surface area contributed by atoms with Crippen molar-refractivity contribution in [2.75, 3.05) is 0 Å². The molecule has 0 heteroatoms. The minimum Gasteiger partial charge on any atom is -0.0736 e. The molecular weight excluding hydrogens is 168 g/mol. The monoisotopic (exact) mass is 194 g/mol. The molecular formula is C14H26. The van der Waals surface area contributed by atoms with E-state index in [1.807, 2.05) is 0 Å². The highest BCUT2D eigenvalue weighted by Gasteiger charge is 2.27. The Hall–Kier alpha value is -0.260. The van der Waals surface area contributed by atoms with Gasteiger partial charge >= 0.3 is 0 Å². The SMILES string of the molecule is CC1=C(CCC(C)C)C(C)(C)CCC1. The highest BCUT2D eigenvalue weighted by atomic mass is 14.3. The van der Waals surface area contributed by atoms with Gasteiger partial charge in [0.15, 0.2) is 0 Å². The summed E-state index contributed by atoms with van der Waals surface area (Å²) in [6.45, 7) is 11.8. The Bertz CT molecular complexity index is 218. The third-order valence-electron chi connectivity index (χ3n) is 3.66. The zero-order valence-electron chi connectivity index (χ0n) is 10.6. The van der Waals surface area contributed by atoms with E-state index in [-0.39, 0.29) is 0 Å². The van der Waals surface area contributed by atoms with E-state index < -0.39 is 0 Å². The van der Waals surface area contributed by atoms with E-state index in [4.69, 9.17) is 0 Å². The van der Waals surface area contributed by atoms with Crippen molar-refractivity contribution >= 4 is 0 Å². The third-order valence-corrected chi connectivity index (χ3v) is 3.66. The van der Waals surface area contributed by atoms with E-state index in [1.165, 1.54) is 32.1 Å². The van der Waals surface area contributed by atoms with Gasteiger partial charge in [-0.15, -0.1) is 0 Å². The Kier molecular flexibility index (Phi) is 3.80. The van der Waals surface area contributed by atoms with Crippen molar-refractivity contribution in [1.82, 2.24) is 0 Å². The molecule has 1 aliphatic rings. The van der Waals surface area contributed by atoms with E-state index in [0.29, 0.717) is 5.41 Å². The average molecular weight is 194 g/mol. The lowest BCUT2D eigenvalue weighted by Crippen LogP contribution is -2.20. The second-order valence-electron chi connectivity index (χ2n) is 5.93. The summed E-state index contributed by atoms with van der Waals surface area (Å²) >= 11 is 0. The molecule has 0 aromatic carbocycles. The third kappa shape index (κ3) is 2.87. The molecule has 0 atom stereocenters. The molecule has 0 bridgehead atoms. The fourth-order valence-corrected chi connectivity index (χ4v) is 2.66. The second-order valence-corrected chi connectivity index (χ2v) is 5.93. The van der Waals surface area contributed by atoms with E-state index in [1.54, 1.807) is 11.1 Å². The van der Waals surface area contributed by atoms with Crippen LogP contribution in [-0.2, 0) is 0 Å². The molecule has 0 aromatic heterocycles. The van der Waals surface area contributed by atoms with Gasteiger partial charge in [-0.25, -0.2) is 0 Å². The molecule has 0 aliphatic heterocycles. The summed E-state index contributed by atoms with van der Waals surface area (Å²) in [6, 6.07) is 0. The Morgan fingerprint density at radius 1 is 1.29 bits per heavy atom. The van der Waals surface area contributed by atoms with Crippen LogP contribution in [0.2, 0.25) is 0 Å². The van der Waals surface area contributed by atoms with Gasteiger partial charge in [-0.1, -0.05) is 38.8 Å². The van der Waals surface area contributed by atoms with Crippen molar-refractivity contribution in [2.45, 2.75) is 66.7 Å². The smallest absolute Gasteiger partial charge is 0.0142 e. The normalized spacial score (nSPS) is 21.9. The lowest BCUT2D eigenvalue weighted by molar-refractivity contribution is 0.346. The van der Waals surface area contributed by atoms with Crippen LogP contribution in [0.4, 0.5) is 0 Å². The average Bonchev–Trinajstić information content (AvgIpc) is 2.01. The number of hydrogen-bond acceptors (Lipinski definition) is 0. The van der Waals surface area contributed by atoms with Crippen molar-refractivity contribution in [3.63, 3.8) is 0 Å². The Morgan fingerprint density at radius 3 is 2.43 bits per heavy atom. The van der Waals surface area contributed by atoms with Crippen LogP contribution in [-0.4, -0.2) is 0 Å². The van der Waals surface area contributed by atoms with Gasteiger partial charge in [0.25, 0.3) is 0 Å². The zero-order valence-corrected chi connectivity index (χ0v) is 10.6. The van der Waals surface area contributed by atoms with Crippen LogP contribution in [0, 0.1) is 11.3 Å². The van der Waals surface area contributed by atoms with Crippen LogP contribution in [0.3, 0.4) is 0 Å². The fraction of sp³-hybridized carbons (Fsp3) is 0.857. The molecule has 82 valence electrons. The number of allylic oxidation sites excluding steroid dienone is 2. The molecule has 0 saturated heterocycles. The standard InChI is InChI=1S/C14H26/c1-11(2)8-9-13-12(3)7-6-10-14(13,4)5/h11H,6-10H2,1-5H3. The maximum atomic E-state index is 2.42. The molecule has 0 amide bonds. The van der Waals surface area contributed by atoms with Gasteiger partial charge in [0.1, 0.15) is 0 Å². The molecule has 0 saturated carbocycles. The minimum absolute atomic E-state index is 0.483. The van der Waals surface area contributed by atoms with Crippen molar-refractivity contribution in [1.29, 1.82) is 0 Å². The van der Waals surface area contributed by atoms with E-state index in [2.05, 4.69) is 34.6 Å². The van der Waals surface area contributed by atoms with Crippen LogP contribution in [0.1, 0.15) is 66.7 Å². The highest BCUT2D eigenvalue weighted by molar-refractivity contribution is 5.22. The van der Waals surface area contributed by atoms with Crippen molar-refractivity contribution in [2.24, 2.45) is 11.3 Å². The largest absolute Gasteiger partial charge is 0.0736 e.